The first-order chi connectivity index (χ1) is 10.0. The summed E-state index contributed by atoms with van der Waals surface area (Å²) in [6, 6.07) is 5.41. The molecule has 5 nitrogen and oxygen atoms in total. The second-order valence-electron chi connectivity index (χ2n) is 4.71. The van der Waals surface area contributed by atoms with Gasteiger partial charge in [0.05, 0.1) is 13.2 Å². The Hall–Kier alpha value is -1.18. The van der Waals surface area contributed by atoms with E-state index in [-0.39, 0.29) is 11.9 Å². The van der Waals surface area contributed by atoms with Gasteiger partial charge in [0.25, 0.3) is 0 Å². The second-order valence-corrected chi connectivity index (χ2v) is 6.00. The maximum Gasteiger partial charge on any atom is 0.245 e. The number of hydrogen-bond donors (Lipinski definition) is 2. The van der Waals surface area contributed by atoms with Gasteiger partial charge < -0.3 is 20.7 Å². The summed E-state index contributed by atoms with van der Waals surface area (Å²) in [5.74, 6) is -0.0215. The summed E-state index contributed by atoms with van der Waals surface area (Å²) in [5, 5.41) is 2.85. The predicted molar refractivity (Wildman–Crippen MR) is 90.7 cm³/mol. The molecule has 1 atom stereocenters. The number of amides is 1. The summed E-state index contributed by atoms with van der Waals surface area (Å²) in [5.41, 5.74) is 7.40. The first kappa shape index (κ1) is 16.2. The van der Waals surface area contributed by atoms with Gasteiger partial charge in [-0.15, -0.1) is 0 Å². The monoisotopic (exact) mass is 371 g/mol. The van der Waals surface area contributed by atoms with Crippen LogP contribution in [0.3, 0.4) is 0 Å². The van der Waals surface area contributed by atoms with Crippen LogP contribution < -0.4 is 16.0 Å². The molecule has 114 valence electrons. The Morgan fingerprint density at radius 2 is 2.38 bits per heavy atom. The van der Waals surface area contributed by atoms with Crippen molar-refractivity contribution in [2.75, 3.05) is 31.2 Å². The molecule has 1 heterocycles. The molecular weight excluding hydrogens is 354 g/mol. The van der Waals surface area contributed by atoms with Crippen LogP contribution >= 0.6 is 28.1 Å². The van der Waals surface area contributed by atoms with Gasteiger partial charge in [-0.3, -0.25) is 4.79 Å². The molecule has 0 aromatic heterocycles. The van der Waals surface area contributed by atoms with E-state index < -0.39 is 0 Å². The Morgan fingerprint density at radius 3 is 3.00 bits per heavy atom. The maximum absolute atomic E-state index is 12.2. The Morgan fingerprint density at radius 1 is 1.62 bits per heavy atom. The van der Waals surface area contributed by atoms with Gasteiger partial charge >= 0.3 is 0 Å². The van der Waals surface area contributed by atoms with Crippen molar-refractivity contribution in [1.29, 1.82) is 0 Å². The van der Waals surface area contributed by atoms with Crippen LogP contribution in [0.4, 0.5) is 5.69 Å². The number of thiocarbonyl (C=S) groups is 1. The zero-order valence-electron chi connectivity index (χ0n) is 11.8. The topological polar surface area (TPSA) is 67.6 Å². The molecule has 0 radical (unpaired) electrons. The van der Waals surface area contributed by atoms with Crippen molar-refractivity contribution in [3.8, 4) is 0 Å². The molecule has 1 fully saturated rings. The fraction of sp³-hybridized carbons (Fsp3) is 0.429. The first-order valence-corrected chi connectivity index (χ1v) is 7.96. The van der Waals surface area contributed by atoms with Gasteiger partial charge in [0, 0.05) is 28.8 Å². The predicted octanol–water partition coefficient (Wildman–Crippen LogP) is 1.42. The molecule has 1 aromatic carbocycles. The number of hydrogen-bond acceptors (Lipinski definition) is 4. The van der Waals surface area contributed by atoms with E-state index in [2.05, 4.69) is 21.2 Å². The number of carbonyl (C=O) groups excluding carboxylic acids is 1. The lowest BCUT2D eigenvalue weighted by molar-refractivity contribution is -0.124. The van der Waals surface area contributed by atoms with Crippen LogP contribution in [-0.2, 0) is 9.53 Å². The van der Waals surface area contributed by atoms with Crippen LogP contribution in [0, 0.1) is 0 Å². The number of anilines is 1. The Labute approximate surface area is 137 Å². The van der Waals surface area contributed by atoms with Crippen molar-refractivity contribution in [2.24, 2.45) is 5.73 Å². The minimum absolute atomic E-state index is 0.0215. The Balaban J connectivity index is 2.27. The van der Waals surface area contributed by atoms with Crippen molar-refractivity contribution in [1.82, 2.24) is 5.32 Å². The number of carbonyl (C=O) groups is 1. The van der Waals surface area contributed by atoms with E-state index in [4.69, 9.17) is 22.7 Å². The van der Waals surface area contributed by atoms with Gasteiger partial charge in [-0.1, -0.05) is 12.2 Å². The molecule has 1 saturated heterocycles. The molecule has 7 heteroatoms. The van der Waals surface area contributed by atoms with Crippen LogP contribution in [0.25, 0.3) is 0 Å². The number of likely N-dealkylation sites (N-methyl/N-ethyl adjacent to an activating group) is 1. The molecule has 1 aliphatic heterocycles. The third kappa shape index (κ3) is 3.72. The van der Waals surface area contributed by atoms with Gasteiger partial charge in [-0.05, 0) is 41.1 Å². The number of nitrogens with zero attached hydrogens (tertiary/aromatic N) is 1. The number of morpholine rings is 1. The largest absolute Gasteiger partial charge is 0.389 e. The Bertz CT molecular complexity index is 553. The summed E-state index contributed by atoms with van der Waals surface area (Å²) in [4.78, 5) is 14.5. The highest BCUT2D eigenvalue weighted by Crippen LogP contribution is 2.26. The highest BCUT2D eigenvalue weighted by molar-refractivity contribution is 9.10. The van der Waals surface area contributed by atoms with Gasteiger partial charge in [-0.2, -0.15) is 0 Å². The van der Waals surface area contributed by atoms with Gasteiger partial charge in [0.15, 0.2) is 0 Å². The third-order valence-corrected chi connectivity index (χ3v) is 4.21. The lowest BCUT2D eigenvalue weighted by Gasteiger charge is -2.36. The smallest absolute Gasteiger partial charge is 0.245 e. The van der Waals surface area contributed by atoms with Crippen LogP contribution in [0.15, 0.2) is 22.7 Å². The highest BCUT2D eigenvalue weighted by atomic mass is 79.9. The molecule has 0 bridgehead atoms. The molecule has 1 aliphatic rings. The number of nitrogens with one attached hydrogen (secondary N) is 1. The molecule has 1 aromatic rings. The minimum Gasteiger partial charge on any atom is -0.389 e. The number of halogens is 1. The summed E-state index contributed by atoms with van der Waals surface area (Å²) in [6.07, 6.45) is 0. The first-order valence-electron chi connectivity index (χ1n) is 6.76. The fourth-order valence-electron chi connectivity index (χ4n) is 2.30. The molecule has 21 heavy (non-hydrogen) atoms. The van der Waals surface area contributed by atoms with E-state index in [0.29, 0.717) is 31.3 Å². The van der Waals surface area contributed by atoms with Gasteiger partial charge in [-0.25, -0.2) is 0 Å². The molecule has 0 spiro atoms. The van der Waals surface area contributed by atoms with Gasteiger partial charge in [0.2, 0.25) is 5.91 Å². The maximum atomic E-state index is 12.2. The van der Waals surface area contributed by atoms with E-state index in [0.717, 1.165) is 15.7 Å². The average Bonchev–Trinajstić information content (AvgIpc) is 2.47. The van der Waals surface area contributed by atoms with Crippen LogP contribution in [-0.4, -0.2) is 43.2 Å². The fourth-order valence-corrected chi connectivity index (χ4v) is 3.19. The molecule has 2 rings (SSSR count). The Kier molecular flexibility index (Phi) is 5.55. The molecule has 3 N–H and O–H groups in total. The second kappa shape index (κ2) is 7.20. The number of ether oxygens (including phenoxy) is 1. The van der Waals surface area contributed by atoms with Gasteiger partial charge in [0.1, 0.15) is 11.0 Å². The lowest BCUT2D eigenvalue weighted by atomic mass is 10.1. The molecule has 0 saturated carbocycles. The number of rotatable bonds is 4. The van der Waals surface area contributed by atoms with E-state index in [1.807, 2.05) is 30.0 Å². The van der Waals surface area contributed by atoms with Crippen molar-refractivity contribution >= 4 is 44.7 Å². The molecule has 1 amide bonds. The quantitative estimate of drug-likeness (QED) is 0.783. The number of nitrogens with two attached hydrogens (primary N) is 1. The van der Waals surface area contributed by atoms with Crippen molar-refractivity contribution in [2.45, 2.75) is 13.0 Å². The van der Waals surface area contributed by atoms with E-state index >= 15 is 0 Å². The van der Waals surface area contributed by atoms with Crippen LogP contribution in [0.1, 0.15) is 12.5 Å². The van der Waals surface area contributed by atoms with E-state index in [9.17, 15) is 4.79 Å². The molecule has 0 aliphatic carbocycles. The van der Waals surface area contributed by atoms with E-state index in [1.165, 1.54) is 0 Å². The summed E-state index contributed by atoms with van der Waals surface area (Å²) in [7, 11) is 0. The van der Waals surface area contributed by atoms with Crippen molar-refractivity contribution in [3.63, 3.8) is 0 Å². The van der Waals surface area contributed by atoms with Crippen LogP contribution in [0.2, 0.25) is 0 Å². The van der Waals surface area contributed by atoms with Crippen molar-refractivity contribution < 1.29 is 9.53 Å². The van der Waals surface area contributed by atoms with Crippen molar-refractivity contribution in [3.05, 3.63) is 28.2 Å². The number of benzene rings is 1. The van der Waals surface area contributed by atoms with E-state index in [1.54, 1.807) is 0 Å². The summed E-state index contributed by atoms with van der Waals surface area (Å²) in [6.45, 7) is 4.17. The standard InChI is InChI=1S/C14H18BrN3O2S/c1-2-17-14(19)12-8-20-6-5-18(12)9-3-4-10(13(16)21)11(15)7-9/h3-4,7,12H,2,5-6,8H2,1H3,(H2,16,21)(H,17,19). The van der Waals surface area contributed by atoms with Crippen LogP contribution in [0.5, 0.6) is 0 Å². The zero-order valence-corrected chi connectivity index (χ0v) is 14.2. The normalized spacial score (nSPS) is 18.4. The third-order valence-electron chi connectivity index (χ3n) is 3.33. The lowest BCUT2D eigenvalue weighted by Crippen LogP contribution is -2.54. The SMILES string of the molecule is CCNC(=O)C1COCCN1c1ccc(C(N)=S)c(Br)c1. The zero-order chi connectivity index (χ0) is 15.4. The molecular formula is C14H18BrN3O2S. The minimum atomic E-state index is -0.318. The highest BCUT2D eigenvalue weighted by Gasteiger charge is 2.29. The summed E-state index contributed by atoms with van der Waals surface area (Å²) < 4.78 is 6.27. The average molecular weight is 372 g/mol. The molecule has 1 unspecified atom stereocenters. The summed E-state index contributed by atoms with van der Waals surface area (Å²) >= 11 is 8.47.